The zero-order valence-corrected chi connectivity index (χ0v) is 18.2. The normalized spacial score (nSPS) is 10.8. The monoisotopic (exact) mass is 449 g/mol. The molecule has 0 aliphatic heterocycles. The molecule has 0 spiro atoms. The van der Waals surface area contributed by atoms with Crippen LogP contribution in [-0.4, -0.2) is 28.4 Å². The Labute approximate surface area is 188 Å². The van der Waals surface area contributed by atoms with Crippen LogP contribution < -0.4 is 15.6 Å². The summed E-state index contributed by atoms with van der Waals surface area (Å²) in [4.78, 5) is 40.0. The number of halogens is 1. The third kappa shape index (κ3) is 4.02. The van der Waals surface area contributed by atoms with Gasteiger partial charge >= 0.3 is 0 Å². The number of pyridine rings is 1. The van der Waals surface area contributed by atoms with Gasteiger partial charge in [0.25, 0.3) is 11.7 Å². The summed E-state index contributed by atoms with van der Waals surface area (Å²) in [6.07, 6.45) is 1.40. The van der Waals surface area contributed by atoms with Crippen molar-refractivity contribution in [1.29, 1.82) is 0 Å². The smallest absolute Gasteiger partial charge is 0.296 e. The van der Waals surface area contributed by atoms with Crippen LogP contribution in [0.1, 0.15) is 21.6 Å². The predicted molar refractivity (Wildman–Crippen MR) is 124 cm³/mol. The number of rotatable bonds is 6. The van der Waals surface area contributed by atoms with Gasteiger partial charge in [0, 0.05) is 35.2 Å². The standard InChI is InChI=1S/C24H20ClN3O4/c1-14-21(23(30)24(31)27-17-10-11-26-20(29)12-17)22-18(4-3-5-19(22)32-2)28(14)13-15-6-8-16(25)9-7-15/h3-12H,13H2,1-2H3,(H2,26,27,29,31). The maximum absolute atomic E-state index is 13.3. The van der Waals surface area contributed by atoms with E-state index in [1.54, 1.807) is 25.1 Å². The Kier molecular flexibility index (Phi) is 5.83. The van der Waals surface area contributed by atoms with E-state index in [-0.39, 0.29) is 16.8 Å². The first-order valence-electron chi connectivity index (χ1n) is 9.83. The quantitative estimate of drug-likeness (QED) is 0.341. The van der Waals surface area contributed by atoms with Crippen molar-refractivity contribution in [3.63, 3.8) is 0 Å². The van der Waals surface area contributed by atoms with Crippen LogP contribution in [0.25, 0.3) is 10.9 Å². The molecule has 0 saturated heterocycles. The Morgan fingerprint density at radius 2 is 1.88 bits per heavy atom. The highest BCUT2D eigenvalue weighted by Crippen LogP contribution is 2.34. The van der Waals surface area contributed by atoms with E-state index in [9.17, 15) is 14.4 Å². The second-order valence-electron chi connectivity index (χ2n) is 7.25. The number of ketones is 1. The van der Waals surface area contributed by atoms with E-state index in [0.29, 0.717) is 28.4 Å². The van der Waals surface area contributed by atoms with E-state index < -0.39 is 11.7 Å². The number of aromatic amines is 1. The number of fused-ring (bicyclic) bond motifs is 1. The van der Waals surface area contributed by atoms with Crippen LogP contribution in [0.15, 0.2) is 65.6 Å². The molecule has 2 aromatic carbocycles. The zero-order valence-electron chi connectivity index (χ0n) is 17.4. The highest BCUT2D eigenvalue weighted by molar-refractivity contribution is 6.49. The minimum Gasteiger partial charge on any atom is -0.496 e. The number of amides is 1. The minimum absolute atomic E-state index is 0.238. The number of carbonyl (C=O) groups excluding carboxylic acids is 2. The molecule has 0 saturated carbocycles. The molecular weight excluding hydrogens is 430 g/mol. The van der Waals surface area contributed by atoms with Crippen molar-refractivity contribution in [3.8, 4) is 5.75 Å². The van der Waals surface area contributed by atoms with Crippen LogP contribution in [0, 0.1) is 6.92 Å². The number of aromatic nitrogens is 2. The molecule has 1 amide bonds. The number of H-pyrrole nitrogens is 1. The molecule has 2 heterocycles. The Bertz CT molecular complexity index is 1390. The van der Waals surface area contributed by atoms with Crippen LogP contribution in [-0.2, 0) is 11.3 Å². The SMILES string of the molecule is COc1cccc2c1c(C(=O)C(=O)Nc1cc[nH]c(=O)c1)c(C)n2Cc1ccc(Cl)cc1. The van der Waals surface area contributed by atoms with Crippen LogP contribution in [0.2, 0.25) is 5.02 Å². The topological polar surface area (TPSA) is 93.2 Å². The summed E-state index contributed by atoms with van der Waals surface area (Å²) in [5.74, 6) is -1.06. The fourth-order valence-corrected chi connectivity index (χ4v) is 3.87. The lowest BCUT2D eigenvalue weighted by molar-refractivity contribution is -0.112. The number of benzene rings is 2. The lowest BCUT2D eigenvalue weighted by Crippen LogP contribution is -2.24. The van der Waals surface area contributed by atoms with E-state index in [4.69, 9.17) is 16.3 Å². The van der Waals surface area contributed by atoms with Gasteiger partial charge in [0.1, 0.15) is 5.75 Å². The van der Waals surface area contributed by atoms with Gasteiger partial charge in [0.15, 0.2) is 0 Å². The molecule has 2 N–H and O–H groups in total. The molecule has 0 aliphatic rings. The van der Waals surface area contributed by atoms with Crippen LogP contribution in [0.5, 0.6) is 5.75 Å². The van der Waals surface area contributed by atoms with Gasteiger partial charge in [0.05, 0.1) is 23.6 Å². The molecule has 4 rings (SSSR count). The molecule has 0 aliphatic carbocycles. The van der Waals surface area contributed by atoms with Gasteiger partial charge in [-0.1, -0.05) is 29.8 Å². The summed E-state index contributed by atoms with van der Waals surface area (Å²) in [7, 11) is 1.52. The Morgan fingerprint density at radius 1 is 1.12 bits per heavy atom. The second-order valence-corrected chi connectivity index (χ2v) is 7.69. The molecule has 162 valence electrons. The summed E-state index contributed by atoms with van der Waals surface area (Å²) in [6.45, 7) is 2.28. The van der Waals surface area contributed by atoms with E-state index >= 15 is 0 Å². The van der Waals surface area contributed by atoms with Gasteiger partial charge < -0.3 is 19.6 Å². The number of nitrogens with zero attached hydrogens (tertiary/aromatic N) is 1. The van der Waals surface area contributed by atoms with E-state index in [2.05, 4.69) is 10.3 Å². The number of methoxy groups -OCH3 is 1. The molecule has 8 heteroatoms. The average molecular weight is 450 g/mol. The van der Waals surface area contributed by atoms with Gasteiger partial charge in [-0.2, -0.15) is 0 Å². The Balaban J connectivity index is 1.80. The number of ether oxygens (including phenoxy) is 1. The van der Waals surface area contributed by atoms with Gasteiger partial charge in [-0.15, -0.1) is 0 Å². The number of hydrogen-bond acceptors (Lipinski definition) is 4. The molecule has 2 aromatic heterocycles. The first-order chi connectivity index (χ1) is 15.4. The average Bonchev–Trinajstić information content (AvgIpc) is 3.06. The predicted octanol–water partition coefficient (Wildman–Crippen LogP) is 4.17. The van der Waals surface area contributed by atoms with Crippen molar-refractivity contribution in [2.24, 2.45) is 0 Å². The molecule has 32 heavy (non-hydrogen) atoms. The van der Waals surface area contributed by atoms with Crippen molar-refractivity contribution in [1.82, 2.24) is 9.55 Å². The molecule has 0 fully saturated rings. The highest BCUT2D eigenvalue weighted by Gasteiger charge is 2.27. The summed E-state index contributed by atoms with van der Waals surface area (Å²) >= 11 is 6.00. The van der Waals surface area contributed by atoms with Crippen LogP contribution in [0.4, 0.5) is 5.69 Å². The number of hydrogen-bond donors (Lipinski definition) is 2. The fraction of sp³-hybridized carbons (Fsp3) is 0.125. The van der Waals surface area contributed by atoms with Crippen molar-refractivity contribution in [2.75, 3.05) is 12.4 Å². The number of anilines is 1. The van der Waals surface area contributed by atoms with Gasteiger partial charge in [-0.3, -0.25) is 14.4 Å². The lowest BCUT2D eigenvalue weighted by Gasteiger charge is -2.09. The van der Waals surface area contributed by atoms with Crippen molar-refractivity contribution < 1.29 is 14.3 Å². The maximum atomic E-state index is 13.3. The molecular formula is C24H20ClN3O4. The number of nitrogens with one attached hydrogen (secondary N) is 2. The fourth-order valence-electron chi connectivity index (χ4n) is 3.74. The first-order valence-corrected chi connectivity index (χ1v) is 10.2. The minimum atomic E-state index is -0.838. The van der Waals surface area contributed by atoms with Crippen LogP contribution in [0.3, 0.4) is 0 Å². The Morgan fingerprint density at radius 3 is 2.56 bits per heavy atom. The second kappa shape index (κ2) is 8.72. The molecule has 0 unspecified atom stereocenters. The zero-order chi connectivity index (χ0) is 22.8. The molecule has 0 bridgehead atoms. The van der Waals surface area contributed by atoms with Gasteiger partial charge in [-0.25, -0.2) is 0 Å². The number of carbonyl (C=O) groups is 2. The summed E-state index contributed by atoms with van der Waals surface area (Å²) in [5, 5.41) is 3.70. The Hall–Kier alpha value is -3.84. The summed E-state index contributed by atoms with van der Waals surface area (Å²) in [6, 6.07) is 15.6. The maximum Gasteiger partial charge on any atom is 0.296 e. The lowest BCUT2D eigenvalue weighted by atomic mass is 10.1. The van der Waals surface area contributed by atoms with Crippen molar-refractivity contribution >= 4 is 39.9 Å². The van der Waals surface area contributed by atoms with E-state index in [0.717, 1.165) is 11.1 Å². The van der Waals surface area contributed by atoms with Crippen molar-refractivity contribution in [3.05, 3.63) is 93.0 Å². The third-order valence-corrected chi connectivity index (χ3v) is 5.50. The van der Waals surface area contributed by atoms with E-state index in [1.165, 1.54) is 25.4 Å². The van der Waals surface area contributed by atoms with E-state index in [1.807, 2.05) is 28.8 Å². The van der Waals surface area contributed by atoms with Crippen molar-refractivity contribution in [2.45, 2.75) is 13.5 Å². The third-order valence-electron chi connectivity index (χ3n) is 5.25. The molecule has 4 aromatic rings. The van der Waals surface area contributed by atoms with Crippen LogP contribution >= 0.6 is 11.6 Å². The van der Waals surface area contributed by atoms with Gasteiger partial charge in [-0.05, 0) is 42.8 Å². The largest absolute Gasteiger partial charge is 0.496 e. The summed E-state index contributed by atoms with van der Waals surface area (Å²) in [5.41, 5.74) is 2.50. The molecule has 0 atom stereocenters. The summed E-state index contributed by atoms with van der Waals surface area (Å²) < 4.78 is 7.47. The van der Waals surface area contributed by atoms with Gasteiger partial charge in [0.2, 0.25) is 5.56 Å². The molecule has 7 nitrogen and oxygen atoms in total. The number of Topliss-reactive ketones (excluding diaryl/α,β-unsaturated/α-hetero) is 1. The molecule has 0 radical (unpaired) electrons. The highest BCUT2D eigenvalue weighted by atomic mass is 35.5. The first kappa shape index (κ1) is 21.4.